The summed E-state index contributed by atoms with van der Waals surface area (Å²) in [6, 6.07) is 7.77. The van der Waals surface area contributed by atoms with Crippen molar-refractivity contribution in [3.05, 3.63) is 35.5 Å². The van der Waals surface area contributed by atoms with Gasteiger partial charge >= 0.3 is 0 Å². The summed E-state index contributed by atoms with van der Waals surface area (Å²) in [5, 5.41) is 8.80. The van der Waals surface area contributed by atoms with Gasteiger partial charge in [0.05, 0.1) is 48.8 Å². The first-order valence-electron chi connectivity index (χ1n) is 9.60. The topological polar surface area (TPSA) is 103 Å². The van der Waals surface area contributed by atoms with Crippen LogP contribution in [0.15, 0.2) is 24.3 Å². The predicted molar refractivity (Wildman–Crippen MR) is 108 cm³/mol. The maximum Gasteiger partial charge on any atom is 0.258 e. The van der Waals surface area contributed by atoms with Gasteiger partial charge in [0, 0.05) is 23.1 Å². The normalized spacial score (nSPS) is 16.1. The third-order valence-corrected chi connectivity index (χ3v) is 5.87. The van der Waals surface area contributed by atoms with Crippen LogP contribution in [0.4, 0.5) is 5.69 Å². The average molecular weight is 391 g/mol. The van der Waals surface area contributed by atoms with Gasteiger partial charge in [-0.05, 0) is 19.3 Å². The molecule has 0 saturated heterocycles. The summed E-state index contributed by atoms with van der Waals surface area (Å²) < 4.78 is 10.6. The molecule has 0 spiro atoms. The average Bonchev–Trinajstić information content (AvgIpc) is 3.02. The van der Waals surface area contributed by atoms with E-state index < -0.39 is 0 Å². The van der Waals surface area contributed by atoms with Crippen molar-refractivity contribution in [3.63, 3.8) is 0 Å². The Morgan fingerprint density at radius 2 is 1.97 bits per heavy atom. The van der Waals surface area contributed by atoms with Gasteiger partial charge in [-0.15, -0.1) is 10.2 Å². The van der Waals surface area contributed by atoms with Crippen LogP contribution in [-0.4, -0.2) is 46.2 Å². The summed E-state index contributed by atoms with van der Waals surface area (Å²) >= 11 is 0. The number of amides is 1. The van der Waals surface area contributed by atoms with Crippen molar-refractivity contribution >= 4 is 22.5 Å². The van der Waals surface area contributed by atoms with Crippen LogP contribution >= 0.6 is 0 Å². The van der Waals surface area contributed by atoms with E-state index in [0.717, 1.165) is 35.9 Å². The number of pyridine rings is 1. The number of aromatic nitrogens is 3. The van der Waals surface area contributed by atoms with Crippen molar-refractivity contribution in [2.24, 2.45) is 0 Å². The van der Waals surface area contributed by atoms with Crippen LogP contribution in [-0.2, 0) is 6.54 Å². The number of fused-ring (bicyclic) bond motifs is 2. The number of benzene rings is 1. The Morgan fingerprint density at radius 1 is 1.14 bits per heavy atom. The number of hydrogen-bond donors (Lipinski definition) is 1. The smallest absolute Gasteiger partial charge is 0.258 e. The third kappa shape index (κ3) is 2.59. The molecule has 5 rings (SSSR count). The molecule has 0 bridgehead atoms. The highest BCUT2D eigenvalue weighted by molar-refractivity contribution is 6.11. The molecular weight excluding hydrogens is 370 g/mol. The van der Waals surface area contributed by atoms with Crippen LogP contribution in [0.2, 0.25) is 0 Å². The van der Waals surface area contributed by atoms with Crippen molar-refractivity contribution < 1.29 is 14.3 Å². The highest BCUT2D eigenvalue weighted by Gasteiger charge is 2.38. The largest absolute Gasteiger partial charge is 0.480 e. The summed E-state index contributed by atoms with van der Waals surface area (Å²) in [4.78, 5) is 19.8. The second-order valence-electron chi connectivity index (χ2n) is 7.38. The van der Waals surface area contributed by atoms with Gasteiger partial charge in [0.2, 0.25) is 11.8 Å². The van der Waals surface area contributed by atoms with Gasteiger partial charge in [-0.25, -0.2) is 4.98 Å². The molecule has 29 heavy (non-hydrogen) atoms. The molecule has 1 saturated carbocycles. The SMILES string of the molecule is COc1cc(-c2cccc3c(N)c4c(nc23)CN(C2CCC2)C4=O)c(OC)nn1. The first-order chi connectivity index (χ1) is 14.1. The fraction of sp³-hybridized carbons (Fsp3) is 0.333. The number of nitrogens with zero attached hydrogens (tertiary/aromatic N) is 4. The van der Waals surface area contributed by atoms with Crippen molar-refractivity contribution in [1.82, 2.24) is 20.1 Å². The number of methoxy groups -OCH3 is 2. The zero-order valence-corrected chi connectivity index (χ0v) is 16.3. The Balaban J connectivity index is 1.71. The molecule has 1 amide bonds. The number of hydrogen-bond acceptors (Lipinski definition) is 7. The first-order valence-corrected chi connectivity index (χ1v) is 9.60. The Kier molecular flexibility index (Phi) is 4.01. The summed E-state index contributed by atoms with van der Waals surface area (Å²) in [5.41, 5.74) is 10.4. The molecule has 0 radical (unpaired) electrons. The van der Waals surface area contributed by atoms with Gasteiger partial charge in [-0.1, -0.05) is 18.2 Å². The van der Waals surface area contributed by atoms with E-state index in [1.165, 1.54) is 7.11 Å². The quantitative estimate of drug-likeness (QED) is 0.729. The minimum absolute atomic E-state index is 0.00756. The zero-order valence-electron chi connectivity index (χ0n) is 16.3. The molecule has 0 atom stereocenters. The van der Waals surface area contributed by atoms with Gasteiger partial charge in [-0.2, -0.15) is 0 Å². The summed E-state index contributed by atoms with van der Waals surface area (Å²) in [7, 11) is 3.08. The van der Waals surface area contributed by atoms with E-state index in [9.17, 15) is 4.79 Å². The van der Waals surface area contributed by atoms with E-state index in [0.29, 0.717) is 46.7 Å². The first kappa shape index (κ1) is 17.7. The summed E-state index contributed by atoms with van der Waals surface area (Å²) in [6.07, 6.45) is 3.25. The molecule has 3 heterocycles. The van der Waals surface area contributed by atoms with Gasteiger partial charge in [0.25, 0.3) is 5.91 Å². The van der Waals surface area contributed by atoms with E-state index in [1.54, 1.807) is 13.2 Å². The minimum Gasteiger partial charge on any atom is -0.480 e. The molecule has 3 aromatic rings. The molecule has 1 aromatic carbocycles. The Bertz CT molecular complexity index is 1140. The van der Waals surface area contributed by atoms with E-state index in [2.05, 4.69) is 10.2 Å². The number of anilines is 1. The lowest BCUT2D eigenvalue weighted by atomic mass is 9.92. The van der Waals surface area contributed by atoms with Crippen molar-refractivity contribution in [2.45, 2.75) is 31.8 Å². The molecule has 1 aliphatic carbocycles. The lowest BCUT2D eigenvalue weighted by molar-refractivity contribution is 0.0606. The lowest BCUT2D eigenvalue weighted by Gasteiger charge is -2.34. The predicted octanol–water partition coefficient (Wildman–Crippen LogP) is 2.80. The highest BCUT2D eigenvalue weighted by atomic mass is 16.5. The molecule has 2 N–H and O–H groups in total. The molecule has 1 fully saturated rings. The molecule has 8 heteroatoms. The van der Waals surface area contributed by atoms with Gasteiger partial charge in [0.15, 0.2) is 0 Å². The standard InChI is InChI=1S/C21H21N5O3/c1-28-16-9-14(20(29-2)25-24-16)12-7-4-8-13-18(22)17-15(23-19(12)13)10-26(21(17)27)11-5-3-6-11/h4,7-9,11H,3,5-6,10H2,1-2H3,(H2,22,23). The number of carbonyl (C=O) groups is 1. The molecule has 0 unspecified atom stereocenters. The van der Waals surface area contributed by atoms with E-state index in [1.807, 2.05) is 23.1 Å². The number of nitrogens with two attached hydrogens (primary N) is 1. The molecule has 1 aliphatic heterocycles. The minimum atomic E-state index is -0.00756. The molecule has 2 aliphatic rings. The summed E-state index contributed by atoms with van der Waals surface area (Å²) in [6.45, 7) is 0.502. The summed E-state index contributed by atoms with van der Waals surface area (Å²) in [5.74, 6) is 0.733. The number of nitrogen functional groups attached to an aromatic ring is 1. The maximum absolute atomic E-state index is 13.0. The van der Waals surface area contributed by atoms with Crippen molar-refractivity contribution in [3.8, 4) is 22.9 Å². The van der Waals surface area contributed by atoms with Crippen LogP contribution in [0.1, 0.15) is 35.3 Å². The third-order valence-electron chi connectivity index (χ3n) is 5.87. The molecular formula is C21H21N5O3. The van der Waals surface area contributed by atoms with Crippen molar-refractivity contribution in [2.75, 3.05) is 20.0 Å². The van der Waals surface area contributed by atoms with Crippen LogP contribution in [0.3, 0.4) is 0 Å². The van der Waals surface area contributed by atoms with E-state index >= 15 is 0 Å². The van der Waals surface area contributed by atoms with Crippen LogP contribution in [0.25, 0.3) is 22.0 Å². The van der Waals surface area contributed by atoms with Crippen LogP contribution in [0.5, 0.6) is 11.8 Å². The Labute approximate surface area is 167 Å². The Morgan fingerprint density at radius 3 is 2.66 bits per heavy atom. The van der Waals surface area contributed by atoms with Crippen LogP contribution < -0.4 is 15.2 Å². The van der Waals surface area contributed by atoms with Crippen molar-refractivity contribution in [1.29, 1.82) is 0 Å². The molecule has 8 nitrogen and oxygen atoms in total. The van der Waals surface area contributed by atoms with Gasteiger partial charge in [0.1, 0.15) is 0 Å². The number of carbonyl (C=O) groups excluding carboxylic acids is 1. The fourth-order valence-electron chi connectivity index (χ4n) is 4.11. The second kappa shape index (κ2) is 6.58. The maximum atomic E-state index is 13.0. The zero-order chi connectivity index (χ0) is 20.1. The van der Waals surface area contributed by atoms with Gasteiger partial charge in [-0.3, -0.25) is 4.79 Å². The number of para-hydroxylation sites is 1. The Hall–Kier alpha value is -3.42. The molecule has 148 valence electrons. The number of rotatable bonds is 4. The second-order valence-corrected chi connectivity index (χ2v) is 7.38. The fourth-order valence-corrected chi connectivity index (χ4v) is 4.11. The van der Waals surface area contributed by atoms with Gasteiger partial charge < -0.3 is 20.1 Å². The highest BCUT2D eigenvalue weighted by Crippen LogP contribution is 2.40. The van der Waals surface area contributed by atoms with E-state index in [-0.39, 0.29) is 5.91 Å². The van der Waals surface area contributed by atoms with Crippen LogP contribution in [0, 0.1) is 0 Å². The molecule has 2 aromatic heterocycles. The number of ether oxygens (including phenoxy) is 2. The van der Waals surface area contributed by atoms with E-state index in [4.69, 9.17) is 20.2 Å². The monoisotopic (exact) mass is 391 g/mol. The lowest BCUT2D eigenvalue weighted by Crippen LogP contribution is -2.40.